The molecule has 0 aliphatic carbocycles. The number of primary amides is 1. The summed E-state index contributed by atoms with van der Waals surface area (Å²) in [6.07, 6.45) is -4.63. The zero-order valence-electron chi connectivity index (χ0n) is 82.0. The first kappa shape index (κ1) is 123. The number of benzene rings is 3. The van der Waals surface area contributed by atoms with E-state index in [9.17, 15) is 130 Å². The highest BCUT2D eigenvalue weighted by Gasteiger charge is 2.40. The number of hydrogen-bond acceptors (Lipinski definition) is 31. The van der Waals surface area contributed by atoms with Crippen molar-refractivity contribution in [2.45, 2.75) is 284 Å². The quantitative estimate of drug-likeness (QED) is 0.0183. The number of anilines is 1. The van der Waals surface area contributed by atoms with Crippen LogP contribution < -0.4 is 118 Å². The Morgan fingerprint density at radius 3 is 1.18 bits per heavy atom. The first-order valence-electron chi connectivity index (χ1n) is 47.6. The standard InChI is InChI=1S/C91H141N25O28S/c1-7-50(2)77(112-89(140)66(34-39-76(127)128)108-88(139)65(33-38-75(125)126)107-87(138)64(32-37-74(123)124)103-79(130)51(3)96)91(142)111-67(46-53-26-28-55(117)29-27-53)81(132)98-48-71(118)101-62(30-35-72(119)120)86(137)110-68(47-54-49-116(114-113-54)45-44-99-145(143,144)70-25-17-18-56-57(70)19-16-24-69(56)115(5)6)90(141)109-63(31-36-73(121)122)82(133)100-52(4)80(131)104-59(21-9-13-41-93)84(135)106-61(23-11-15-43-95)85(136)105-60(22-10-14-42-94)83(134)102-58(78(97)129)20-8-12-40-92/h16-19,24-29,49-52,58-68,77,99,117H,7-15,20-23,30-48,92-96H2,1-6H3,(H2,97,129)(H,98,132)(H,100,133)(H,101,118)(H,102,134)(H,103,130)(H,104,131)(H,105,136)(H,106,135)(H,107,138)(H,108,139)(H,109,141)(H,110,137)(H,111,142)(H,112,140)(H,119,120)(H,121,122)(H,123,124)(H,125,126)(H,127,128)/t50-,51-,52-,58-,59-,60-,61-,62-,63-,64-,65-,66-,67-,68-,77-/m0/s1. The van der Waals surface area contributed by atoms with Crippen LogP contribution >= 0.6 is 0 Å². The number of rotatable bonds is 72. The van der Waals surface area contributed by atoms with Crippen LogP contribution in [0.15, 0.2) is 71.8 Å². The second kappa shape index (κ2) is 63.7. The number of unbranched alkanes of at least 4 members (excludes halogenated alkanes) is 4. The van der Waals surface area contributed by atoms with E-state index in [1.165, 1.54) is 50.4 Å². The number of fused-ring (bicyclic) bond motifs is 1. The van der Waals surface area contributed by atoms with Gasteiger partial charge in [-0.15, -0.1) is 5.10 Å². The average Bonchev–Trinajstić information content (AvgIpc) is 0.829. The summed E-state index contributed by atoms with van der Waals surface area (Å²) >= 11 is 0. The minimum absolute atomic E-state index is 0.0408. The Hall–Kier alpha value is -14.2. The molecule has 0 saturated carbocycles. The van der Waals surface area contributed by atoms with Crippen molar-refractivity contribution in [3.63, 3.8) is 0 Å². The molecule has 1 heterocycles. The van der Waals surface area contributed by atoms with E-state index in [2.05, 4.69) is 89.5 Å². The van der Waals surface area contributed by atoms with Gasteiger partial charge in [-0.3, -0.25) is 101 Å². The molecule has 4 rings (SSSR count). The number of hydrogen-bond donors (Lipinski definition) is 27. The lowest BCUT2D eigenvalue weighted by Crippen LogP contribution is -2.61. The number of aliphatic carboxylic acids is 5. The van der Waals surface area contributed by atoms with E-state index in [1.807, 2.05) is 0 Å². The molecular formula is C91H141N25O28S. The number of aromatic hydroxyl groups is 1. The zero-order valence-corrected chi connectivity index (χ0v) is 82.8. The number of nitrogens with zero attached hydrogens (tertiary/aromatic N) is 4. The molecule has 0 unspecified atom stereocenters. The second-order valence-electron chi connectivity index (χ2n) is 35.0. The maximum atomic E-state index is 15.1. The van der Waals surface area contributed by atoms with Crippen molar-refractivity contribution in [2.75, 3.05) is 58.3 Å². The molecule has 0 fully saturated rings. The number of phenolic OH excluding ortho intramolecular Hbond substituents is 1. The Labute approximate surface area is 836 Å². The summed E-state index contributed by atoms with van der Waals surface area (Å²) in [5.74, 6) is -25.1. The zero-order chi connectivity index (χ0) is 108. The van der Waals surface area contributed by atoms with Gasteiger partial charge in [0.05, 0.1) is 29.7 Å². The highest BCUT2D eigenvalue weighted by molar-refractivity contribution is 7.89. The van der Waals surface area contributed by atoms with Gasteiger partial charge >= 0.3 is 29.8 Å². The monoisotopic (exact) mass is 2060 g/mol. The molecule has 0 radical (unpaired) electrons. The smallest absolute Gasteiger partial charge is 0.303 e. The van der Waals surface area contributed by atoms with Gasteiger partial charge in [0, 0.05) is 88.2 Å². The van der Waals surface area contributed by atoms with Crippen LogP contribution in [-0.4, -0.2) is 310 Å². The molecule has 15 amide bonds. The van der Waals surface area contributed by atoms with E-state index < -0.39 is 303 Å². The molecule has 0 aliphatic heterocycles. The van der Waals surface area contributed by atoms with Gasteiger partial charge in [-0.1, -0.05) is 61.9 Å². The topological polar surface area (TPSA) is 867 Å². The number of amides is 15. The van der Waals surface area contributed by atoms with Gasteiger partial charge in [0.25, 0.3) is 0 Å². The number of carboxylic acids is 5. The fraction of sp³-hybridized carbons (Fsp3) is 0.582. The Bertz CT molecular complexity index is 5190. The molecular weight excluding hydrogens is 1920 g/mol. The van der Waals surface area contributed by atoms with E-state index >= 15 is 4.79 Å². The molecule has 0 aliphatic rings. The molecule has 53 nitrogen and oxygen atoms in total. The van der Waals surface area contributed by atoms with E-state index in [1.54, 1.807) is 56.3 Å². The Balaban J connectivity index is 1.74. The summed E-state index contributed by atoms with van der Waals surface area (Å²) < 4.78 is 31.6. The van der Waals surface area contributed by atoms with Crippen LogP contribution in [0.4, 0.5) is 5.69 Å². The lowest BCUT2D eigenvalue weighted by Gasteiger charge is -2.29. The van der Waals surface area contributed by atoms with E-state index in [-0.39, 0.29) is 99.6 Å². The average molecular weight is 2070 g/mol. The van der Waals surface area contributed by atoms with Gasteiger partial charge in [-0.25, -0.2) is 13.1 Å². The first-order chi connectivity index (χ1) is 68.6. The Kier molecular flexibility index (Phi) is 54.1. The molecule has 0 spiro atoms. The highest BCUT2D eigenvalue weighted by Crippen LogP contribution is 2.31. The van der Waals surface area contributed by atoms with Crippen molar-refractivity contribution in [3.05, 3.63) is 78.1 Å². The number of carbonyl (C=O) groups is 20. The predicted octanol–water partition coefficient (Wildman–Crippen LogP) is -5.88. The third kappa shape index (κ3) is 44.7. The van der Waals surface area contributed by atoms with Crippen LogP contribution in [0.3, 0.4) is 0 Å². The van der Waals surface area contributed by atoms with Crippen LogP contribution in [0.5, 0.6) is 5.75 Å². The molecule has 4 aromatic rings. The SMILES string of the molecule is CC[C@H](C)[C@H](NC(=O)[C@H](CCC(=O)O)NC(=O)[C@H](CCC(=O)O)NC(=O)[C@H](CCC(=O)O)NC(=O)[C@H](C)N)C(=O)N[C@@H](Cc1ccc(O)cc1)C(=O)NCC(=O)N[C@@H](CCC(=O)O)C(=O)N[C@@H](Cc1cn(CCNS(=O)(=O)c2cccc3c(N(C)C)cccc23)nn1)C(=O)N[C@@H](CCC(=O)O)C(=O)N[C@@H](C)C(=O)N[C@@H](CCCCN)C(=O)N[C@@H](CCCCN)C(=O)N[C@@H](CCCCN)C(=O)N[C@@H](CCCCN)C(N)=O. The number of nitrogens with one attached hydrogen (secondary N) is 15. The van der Waals surface area contributed by atoms with Crippen molar-refractivity contribution in [2.24, 2.45) is 40.3 Å². The lowest BCUT2D eigenvalue weighted by atomic mass is 9.96. The number of phenols is 1. The van der Waals surface area contributed by atoms with Gasteiger partial charge in [0.15, 0.2) is 0 Å². The largest absolute Gasteiger partial charge is 0.508 e. The van der Waals surface area contributed by atoms with Gasteiger partial charge in [-0.2, -0.15) is 0 Å². The normalized spacial score (nSPS) is 14.4. The van der Waals surface area contributed by atoms with Gasteiger partial charge in [-0.05, 0) is 185 Å². The van der Waals surface area contributed by atoms with Crippen LogP contribution in [0.2, 0.25) is 0 Å². The maximum Gasteiger partial charge on any atom is 0.303 e. The van der Waals surface area contributed by atoms with Crippen molar-refractivity contribution in [1.82, 2.24) is 94.2 Å². The summed E-state index contributed by atoms with van der Waals surface area (Å²) in [4.78, 5) is 274. The molecule has 15 atom stereocenters. The van der Waals surface area contributed by atoms with Crippen LogP contribution in [0, 0.1) is 5.92 Å². The van der Waals surface area contributed by atoms with Gasteiger partial charge < -0.3 is 144 Å². The molecule has 33 N–H and O–H groups in total. The van der Waals surface area contributed by atoms with Crippen LogP contribution in [0.1, 0.15) is 187 Å². The van der Waals surface area contributed by atoms with Crippen molar-refractivity contribution in [1.29, 1.82) is 0 Å². The first-order valence-corrected chi connectivity index (χ1v) is 49.1. The predicted molar refractivity (Wildman–Crippen MR) is 521 cm³/mol. The third-order valence-corrected chi connectivity index (χ3v) is 24.6. The fourth-order valence-corrected chi connectivity index (χ4v) is 15.9. The number of nitrogens with two attached hydrogens (primary N) is 6. The number of carbonyl (C=O) groups excluding carboxylic acids is 15. The molecule has 3 aromatic carbocycles. The summed E-state index contributed by atoms with van der Waals surface area (Å²) in [5, 5.41) is 102. The number of sulfonamides is 1. The molecule has 804 valence electrons. The van der Waals surface area contributed by atoms with E-state index in [0.717, 1.165) is 17.3 Å². The van der Waals surface area contributed by atoms with Gasteiger partial charge in [0.2, 0.25) is 98.6 Å². The van der Waals surface area contributed by atoms with Crippen molar-refractivity contribution < 1.29 is 135 Å². The lowest BCUT2D eigenvalue weighted by molar-refractivity contribution is -0.140. The van der Waals surface area contributed by atoms with E-state index in [4.69, 9.17) is 34.4 Å². The fourth-order valence-electron chi connectivity index (χ4n) is 14.7. The summed E-state index contributed by atoms with van der Waals surface area (Å²) in [5.41, 5.74) is 35.1. The maximum absolute atomic E-state index is 15.1. The molecule has 0 saturated heterocycles. The van der Waals surface area contributed by atoms with Crippen molar-refractivity contribution >= 4 is 145 Å². The minimum atomic E-state index is -4.26. The van der Waals surface area contributed by atoms with Crippen molar-refractivity contribution in [3.8, 4) is 5.75 Å². The Morgan fingerprint density at radius 2 is 0.766 bits per heavy atom. The summed E-state index contributed by atoms with van der Waals surface area (Å²) in [6.45, 7) is 4.60. The number of carboxylic acid groups (broad SMARTS) is 5. The minimum Gasteiger partial charge on any atom is -0.508 e. The Morgan fingerprint density at radius 1 is 0.407 bits per heavy atom. The van der Waals surface area contributed by atoms with Gasteiger partial charge in [0.1, 0.15) is 84.3 Å². The molecule has 54 heteroatoms. The second-order valence-corrected chi connectivity index (χ2v) is 36.7. The summed E-state index contributed by atoms with van der Waals surface area (Å²) in [6, 6.07) is -8.06. The molecule has 145 heavy (non-hydrogen) atoms. The summed E-state index contributed by atoms with van der Waals surface area (Å²) in [7, 11) is -0.692. The van der Waals surface area contributed by atoms with Crippen LogP contribution in [0.25, 0.3) is 10.8 Å². The van der Waals surface area contributed by atoms with E-state index in [0.29, 0.717) is 55.8 Å². The number of aromatic nitrogens is 3. The molecule has 1 aromatic heterocycles. The highest BCUT2D eigenvalue weighted by atomic mass is 32.2. The molecule has 0 bridgehead atoms. The third-order valence-electron chi connectivity index (χ3n) is 23.1. The van der Waals surface area contributed by atoms with Crippen LogP contribution in [-0.2, 0) is 125 Å².